The van der Waals surface area contributed by atoms with Gasteiger partial charge < -0.3 is 9.88 Å². The maximum atomic E-state index is 11.9. The fourth-order valence-electron chi connectivity index (χ4n) is 2.00. The summed E-state index contributed by atoms with van der Waals surface area (Å²) in [6.45, 7) is 1.06. The van der Waals surface area contributed by atoms with Crippen molar-refractivity contribution < 1.29 is 4.79 Å². The first-order valence-corrected chi connectivity index (χ1v) is 6.81. The highest BCUT2D eigenvalue weighted by atomic mass is 16.1. The van der Waals surface area contributed by atoms with Gasteiger partial charge in [0, 0.05) is 50.3 Å². The number of carbonyl (C=O) groups is 1. The minimum Gasteiger partial charge on any atom is -0.350 e. The molecular weight excluding hydrogens is 280 g/mol. The molecular formula is C15H14N6O. The van der Waals surface area contributed by atoms with Gasteiger partial charge >= 0.3 is 0 Å². The van der Waals surface area contributed by atoms with Crippen LogP contribution in [0, 0.1) is 0 Å². The Balaban J connectivity index is 1.61. The molecule has 0 saturated carbocycles. The van der Waals surface area contributed by atoms with Crippen LogP contribution in [0.4, 0.5) is 0 Å². The summed E-state index contributed by atoms with van der Waals surface area (Å²) in [6.07, 6.45) is 10.0. The SMILES string of the molecule is O=C(NCCn1ccnc1-c1ncccn1)c1cccnc1. The fraction of sp³-hybridized carbons (Fsp3) is 0.133. The highest BCUT2D eigenvalue weighted by Gasteiger charge is 2.09. The minimum atomic E-state index is -0.147. The van der Waals surface area contributed by atoms with Gasteiger partial charge in [-0.05, 0) is 18.2 Å². The van der Waals surface area contributed by atoms with E-state index in [9.17, 15) is 4.79 Å². The lowest BCUT2D eigenvalue weighted by Crippen LogP contribution is -2.27. The van der Waals surface area contributed by atoms with Gasteiger partial charge in [-0.3, -0.25) is 9.78 Å². The van der Waals surface area contributed by atoms with Gasteiger partial charge in [0.25, 0.3) is 5.91 Å². The van der Waals surface area contributed by atoms with E-state index >= 15 is 0 Å². The molecule has 22 heavy (non-hydrogen) atoms. The summed E-state index contributed by atoms with van der Waals surface area (Å²) >= 11 is 0. The first-order chi connectivity index (χ1) is 10.8. The molecule has 0 bridgehead atoms. The van der Waals surface area contributed by atoms with E-state index in [1.165, 1.54) is 6.20 Å². The minimum absolute atomic E-state index is 0.147. The summed E-state index contributed by atoms with van der Waals surface area (Å²) in [4.78, 5) is 28.5. The molecule has 0 saturated heterocycles. The van der Waals surface area contributed by atoms with Crippen molar-refractivity contribution in [1.82, 2.24) is 29.8 Å². The maximum Gasteiger partial charge on any atom is 0.252 e. The van der Waals surface area contributed by atoms with Gasteiger partial charge in [0.15, 0.2) is 11.6 Å². The molecule has 0 atom stereocenters. The number of hydrogen-bond donors (Lipinski definition) is 1. The number of hydrogen-bond acceptors (Lipinski definition) is 5. The molecule has 3 aromatic heterocycles. The number of aromatic nitrogens is 5. The Labute approximate surface area is 127 Å². The van der Waals surface area contributed by atoms with Gasteiger partial charge in [-0.15, -0.1) is 0 Å². The van der Waals surface area contributed by atoms with Gasteiger partial charge in [-0.1, -0.05) is 0 Å². The first kappa shape index (κ1) is 13.9. The van der Waals surface area contributed by atoms with Crippen molar-refractivity contribution in [1.29, 1.82) is 0 Å². The Kier molecular flexibility index (Phi) is 4.15. The summed E-state index contributed by atoms with van der Waals surface area (Å²) in [5, 5.41) is 2.85. The lowest BCUT2D eigenvalue weighted by atomic mass is 10.3. The smallest absolute Gasteiger partial charge is 0.252 e. The van der Waals surface area contributed by atoms with Gasteiger partial charge in [0.05, 0.1) is 5.56 Å². The molecule has 0 radical (unpaired) electrons. The summed E-state index contributed by atoms with van der Waals surface area (Å²) < 4.78 is 1.90. The van der Waals surface area contributed by atoms with E-state index in [-0.39, 0.29) is 5.91 Å². The summed E-state index contributed by atoms with van der Waals surface area (Å²) in [7, 11) is 0. The van der Waals surface area contributed by atoms with E-state index in [1.807, 2.05) is 10.8 Å². The molecule has 0 unspecified atom stereocenters. The second-order valence-corrected chi connectivity index (χ2v) is 4.51. The number of amides is 1. The zero-order chi connectivity index (χ0) is 15.2. The quantitative estimate of drug-likeness (QED) is 0.763. The molecule has 7 heteroatoms. The molecule has 1 amide bonds. The van der Waals surface area contributed by atoms with Crippen LogP contribution < -0.4 is 5.32 Å². The lowest BCUT2D eigenvalue weighted by Gasteiger charge is -2.08. The molecule has 7 nitrogen and oxygen atoms in total. The summed E-state index contributed by atoms with van der Waals surface area (Å²) in [6, 6.07) is 5.21. The highest BCUT2D eigenvalue weighted by molar-refractivity contribution is 5.93. The number of rotatable bonds is 5. The average Bonchev–Trinajstić information content (AvgIpc) is 3.05. The van der Waals surface area contributed by atoms with Crippen molar-refractivity contribution in [3.8, 4) is 11.6 Å². The molecule has 0 aliphatic carbocycles. The Bertz CT molecular complexity index is 741. The van der Waals surface area contributed by atoms with Crippen LogP contribution in [-0.4, -0.2) is 37.0 Å². The maximum absolute atomic E-state index is 11.9. The number of carbonyl (C=O) groups excluding carboxylic acids is 1. The first-order valence-electron chi connectivity index (χ1n) is 6.81. The Morgan fingerprint density at radius 1 is 1.09 bits per heavy atom. The van der Waals surface area contributed by atoms with Crippen molar-refractivity contribution >= 4 is 5.91 Å². The number of nitrogens with one attached hydrogen (secondary N) is 1. The predicted octanol–water partition coefficient (Wildman–Crippen LogP) is 1.17. The van der Waals surface area contributed by atoms with Gasteiger partial charge in [-0.2, -0.15) is 0 Å². The van der Waals surface area contributed by atoms with Crippen LogP contribution >= 0.6 is 0 Å². The van der Waals surface area contributed by atoms with E-state index in [0.29, 0.717) is 30.3 Å². The van der Waals surface area contributed by atoms with Gasteiger partial charge in [-0.25, -0.2) is 15.0 Å². The topological polar surface area (TPSA) is 85.6 Å². The Morgan fingerprint density at radius 3 is 2.73 bits per heavy atom. The molecule has 0 fully saturated rings. The summed E-state index contributed by atoms with van der Waals surface area (Å²) in [5.41, 5.74) is 0.541. The normalized spacial score (nSPS) is 10.4. The van der Waals surface area contributed by atoms with Crippen molar-refractivity contribution in [2.75, 3.05) is 6.54 Å². The van der Waals surface area contributed by atoms with E-state index in [1.54, 1.807) is 43.0 Å². The Morgan fingerprint density at radius 2 is 1.95 bits per heavy atom. The lowest BCUT2D eigenvalue weighted by molar-refractivity contribution is 0.0952. The van der Waals surface area contributed by atoms with Crippen LogP contribution in [0.1, 0.15) is 10.4 Å². The van der Waals surface area contributed by atoms with Crippen LogP contribution in [0.2, 0.25) is 0 Å². The third-order valence-corrected chi connectivity index (χ3v) is 3.04. The largest absolute Gasteiger partial charge is 0.350 e. The number of nitrogens with zero attached hydrogens (tertiary/aromatic N) is 5. The van der Waals surface area contributed by atoms with Crippen LogP contribution in [0.25, 0.3) is 11.6 Å². The molecule has 110 valence electrons. The van der Waals surface area contributed by atoms with Crippen molar-refractivity contribution in [2.45, 2.75) is 6.54 Å². The van der Waals surface area contributed by atoms with Gasteiger partial charge in [0.2, 0.25) is 0 Å². The highest BCUT2D eigenvalue weighted by Crippen LogP contribution is 2.10. The standard InChI is InChI=1S/C15H14N6O/c22-15(12-3-1-4-16-11-12)20-8-10-21-9-7-19-14(21)13-17-5-2-6-18-13/h1-7,9,11H,8,10H2,(H,20,22). The monoisotopic (exact) mass is 294 g/mol. The van der Waals surface area contributed by atoms with Crippen LogP contribution in [0.3, 0.4) is 0 Å². The second-order valence-electron chi connectivity index (χ2n) is 4.51. The average molecular weight is 294 g/mol. The zero-order valence-corrected chi connectivity index (χ0v) is 11.8. The van der Waals surface area contributed by atoms with Crippen LogP contribution in [0.15, 0.2) is 55.4 Å². The van der Waals surface area contributed by atoms with Crippen LogP contribution in [0.5, 0.6) is 0 Å². The molecule has 3 aromatic rings. The van der Waals surface area contributed by atoms with E-state index in [0.717, 1.165) is 0 Å². The van der Waals surface area contributed by atoms with Crippen molar-refractivity contribution in [2.24, 2.45) is 0 Å². The molecule has 0 spiro atoms. The summed E-state index contributed by atoms with van der Waals surface area (Å²) in [5.74, 6) is 1.09. The van der Waals surface area contributed by atoms with E-state index in [2.05, 4.69) is 25.3 Å². The number of pyridine rings is 1. The third-order valence-electron chi connectivity index (χ3n) is 3.04. The molecule has 0 aliphatic heterocycles. The molecule has 3 rings (SSSR count). The van der Waals surface area contributed by atoms with Crippen molar-refractivity contribution in [3.63, 3.8) is 0 Å². The molecule has 0 aliphatic rings. The van der Waals surface area contributed by atoms with Crippen molar-refractivity contribution in [3.05, 3.63) is 60.9 Å². The zero-order valence-electron chi connectivity index (χ0n) is 11.8. The van der Waals surface area contributed by atoms with E-state index in [4.69, 9.17) is 0 Å². The Hall–Kier alpha value is -3.09. The molecule has 0 aromatic carbocycles. The fourth-order valence-corrected chi connectivity index (χ4v) is 2.00. The van der Waals surface area contributed by atoms with Crippen LogP contribution in [-0.2, 0) is 6.54 Å². The van der Waals surface area contributed by atoms with E-state index < -0.39 is 0 Å². The second kappa shape index (κ2) is 6.57. The van der Waals surface area contributed by atoms with Gasteiger partial charge in [0.1, 0.15) is 0 Å². The molecule has 1 N–H and O–H groups in total. The number of imidazole rings is 1. The third kappa shape index (κ3) is 3.14. The predicted molar refractivity (Wildman–Crippen MR) is 79.8 cm³/mol. The molecule has 3 heterocycles.